The van der Waals surface area contributed by atoms with E-state index in [4.69, 9.17) is 4.74 Å². The summed E-state index contributed by atoms with van der Waals surface area (Å²) in [6.07, 6.45) is 4.47. The molecule has 0 aromatic heterocycles. The van der Waals surface area contributed by atoms with E-state index in [9.17, 15) is 0 Å². The largest absolute Gasteiger partial charge is 0.366 e. The molecule has 0 saturated heterocycles. The van der Waals surface area contributed by atoms with E-state index in [1.54, 1.807) is 0 Å². The average Bonchev–Trinajstić information content (AvgIpc) is 2.63. The highest BCUT2D eigenvalue weighted by molar-refractivity contribution is 5.36. The number of allylic oxidation sites excluding steroid dienone is 1. The van der Waals surface area contributed by atoms with Crippen molar-refractivity contribution in [1.82, 2.24) is 0 Å². The second-order valence-electron chi connectivity index (χ2n) is 4.69. The van der Waals surface area contributed by atoms with Crippen molar-refractivity contribution in [2.24, 2.45) is 0 Å². The molecule has 1 nitrogen and oxygen atoms in total. The van der Waals surface area contributed by atoms with Gasteiger partial charge < -0.3 is 4.74 Å². The van der Waals surface area contributed by atoms with Crippen LogP contribution in [0, 0.1) is 0 Å². The van der Waals surface area contributed by atoms with E-state index in [0.29, 0.717) is 0 Å². The van der Waals surface area contributed by atoms with Crippen molar-refractivity contribution in [2.75, 3.05) is 0 Å². The SMILES string of the molecule is C=C1CCC2(CC1)OCc1ccccc12. The number of hydrogen-bond donors (Lipinski definition) is 0. The van der Waals surface area contributed by atoms with Crippen LogP contribution < -0.4 is 0 Å². The van der Waals surface area contributed by atoms with E-state index in [1.165, 1.54) is 16.7 Å². The quantitative estimate of drug-likeness (QED) is 0.582. The Balaban J connectivity index is 1.98. The fourth-order valence-corrected chi connectivity index (χ4v) is 2.81. The second-order valence-corrected chi connectivity index (χ2v) is 4.69. The van der Waals surface area contributed by atoms with Crippen LogP contribution in [0.5, 0.6) is 0 Å². The van der Waals surface area contributed by atoms with E-state index >= 15 is 0 Å². The lowest BCUT2D eigenvalue weighted by atomic mass is 9.78. The van der Waals surface area contributed by atoms with Gasteiger partial charge in [-0.05, 0) is 36.8 Å². The zero-order chi connectivity index (χ0) is 10.3. The maximum atomic E-state index is 6.06. The molecule has 15 heavy (non-hydrogen) atoms. The molecule has 0 bridgehead atoms. The Morgan fingerprint density at radius 3 is 2.67 bits per heavy atom. The Labute approximate surface area is 90.8 Å². The second kappa shape index (κ2) is 3.21. The fraction of sp³-hybridized carbons (Fsp3) is 0.429. The maximum absolute atomic E-state index is 6.06. The molecule has 1 aliphatic heterocycles. The highest BCUT2D eigenvalue weighted by Crippen LogP contribution is 2.47. The summed E-state index contributed by atoms with van der Waals surface area (Å²) in [5.74, 6) is 0. The van der Waals surface area contributed by atoms with Gasteiger partial charge in [-0.3, -0.25) is 0 Å². The van der Waals surface area contributed by atoms with Crippen LogP contribution in [0.4, 0.5) is 0 Å². The van der Waals surface area contributed by atoms with Gasteiger partial charge in [-0.2, -0.15) is 0 Å². The van der Waals surface area contributed by atoms with E-state index in [1.807, 2.05) is 0 Å². The highest BCUT2D eigenvalue weighted by Gasteiger charge is 2.41. The Hall–Kier alpha value is -1.08. The van der Waals surface area contributed by atoms with Gasteiger partial charge in [-0.15, -0.1) is 0 Å². The first-order valence-corrected chi connectivity index (χ1v) is 5.69. The third-order valence-corrected chi connectivity index (χ3v) is 3.78. The smallest absolute Gasteiger partial charge is 0.0945 e. The van der Waals surface area contributed by atoms with Crippen molar-refractivity contribution in [1.29, 1.82) is 0 Å². The molecule has 78 valence electrons. The van der Waals surface area contributed by atoms with Crippen LogP contribution in [0.15, 0.2) is 36.4 Å². The third-order valence-electron chi connectivity index (χ3n) is 3.78. The fourth-order valence-electron chi connectivity index (χ4n) is 2.81. The zero-order valence-corrected chi connectivity index (χ0v) is 8.96. The van der Waals surface area contributed by atoms with Crippen molar-refractivity contribution < 1.29 is 4.74 Å². The monoisotopic (exact) mass is 200 g/mol. The summed E-state index contributed by atoms with van der Waals surface area (Å²) in [6.45, 7) is 4.86. The van der Waals surface area contributed by atoms with E-state index < -0.39 is 0 Å². The van der Waals surface area contributed by atoms with Crippen molar-refractivity contribution in [3.05, 3.63) is 47.5 Å². The molecule has 1 heterocycles. The van der Waals surface area contributed by atoms with Gasteiger partial charge in [0.25, 0.3) is 0 Å². The maximum Gasteiger partial charge on any atom is 0.0945 e. The van der Waals surface area contributed by atoms with Crippen LogP contribution in [0.1, 0.15) is 36.8 Å². The van der Waals surface area contributed by atoms with Crippen molar-refractivity contribution >= 4 is 0 Å². The first kappa shape index (κ1) is 9.17. The van der Waals surface area contributed by atoms with E-state index in [0.717, 1.165) is 32.3 Å². The van der Waals surface area contributed by atoms with Crippen LogP contribution in [-0.4, -0.2) is 0 Å². The van der Waals surface area contributed by atoms with Gasteiger partial charge in [-0.25, -0.2) is 0 Å². The van der Waals surface area contributed by atoms with Gasteiger partial charge in [0.05, 0.1) is 12.2 Å². The molecule has 1 aromatic rings. The molecule has 0 radical (unpaired) electrons. The van der Waals surface area contributed by atoms with Gasteiger partial charge in [-0.1, -0.05) is 36.4 Å². The Kier molecular flexibility index (Phi) is 1.96. The molecule has 3 rings (SSSR count). The number of hydrogen-bond acceptors (Lipinski definition) is 1. The first-order chi connectivity index (χ1) is 7.30. The zero-order valence-electron chi connectivity index (χ0n) is 8.96. The molecular weight excluding hydrogens is 184 g/mol. The third kappa shape index (κ3) is 1.34. The molecule has 2 aliphatic rings. The minimum Gasteiger partial charge on any atom is -0.366 e. The summed E-state index contributed by atoms with van der Waals surface area (Å²) in [6, 6.07) is 8.64. The summed E-state index contributed by atoms with van der Waals surface area (Å²) in [5.41, 5.74) is 4.22. The summed E-state index contributed by atoms with van der Waals surface area (Å²) in [4.78, 5) is 0. The summed E-state index contributed by atoms with van der Waals surface area (Å²) < 4.78 is 6.06. The standard InChI is InChI=1S/C14H16O/c1-11-6-8-14(9-7-11)13-5-3-2-4-12(13)10-15-14/h2-5H,1,6-10H2. The Morgan fingerprint density at radius 2 is 1.87 bits per heavy atom. The lowest BCUT2D eigenvalue weighted by molar-refractivity contribution is -0.0570. The summed E-state index contributed by atoms with van der Waals surface area (Å²) in [7, 11) is 0. The molecule has 0 unspecified atom stereocenters. The van der Waals surface area contributed by atoms with Crippen LogP contribution in [0.2, 0.25) is 0 Å². The van der Waals surface area contributed by atoms with Crippen LogP contribution in [-0.2, 0) is 16.9 Å². The lowest BCUT2D eigenvalue weighted by Gasteiger charge is -2.34. The van der Waals surface area contributed by atoms with Gasteiger partial charge >= 0.3 is 0 Å². The van der Waals surface area contributed by atoms with E-state index in [-0.39, 0.29) is 5.60 Å². The first-order valence-electron chi connectivity index (χ1n) is 5.69. The van der Waals surface area contributed by atoms with Crippen LogP contribution in [0.25, 0.3) is 0 Å². The predicted octanol–water partition coefficient (Wildman–Crippen LogP) is 3.54. The predicted molar refractivity (Wildman–Crippen MR) is 60.5 cm³/mol. The van der Waals surface area contributed by atoms with Crippen LogP contribution >= 0.6 is 0 Å². The average molecular weight is 200 g/mol. The summed E-state index contributed by atoms with van der Waals surface area (Å²) in [5, 5.41) is 0. The highest BCUT2D eigenvalue weighted by atomic mass is 16.5. The molecule has 1 saturated carbocycles. The lowest BCUT2D eigenvalue weighted by Crippen LogP contribution is -2.28. The minimum atomic E-state index is 0.0256. The minimum absolute atomic E-state index is 0.0256. The van der Waals surface area contributed by atoms with Gasteiger partial charge in [0, 0.05) is 0 Å². The number of rotatable bonds is 0. The molecule has 1 fully saturated rings. The molecule has 1 heteroatoms. The number of ether oxygens (including phenoxy) is 1. The molecule has 1 aromatic carbocycles. The van der Waals surface area contributed by atoms with Crippen LogP contribution in [0.3, 0.4) is 0 Å². The Bertz CT molecular complexity index is 396. The topological polar surface area (TPSA) is 9.23 Å². The van der Waals surface area contributed by atoms with E-state index in [2.05, 4.69) is 30.8 Å². The van der Waals surface area contributed by atoms with Gasteiger partial charge in [0.1, 0.15) is 0 Å². The Morgan fingerprint density at radius 1 is 1.13 bits per heavy atom. The van der Waals surface area contributed by atoms with Crippen molar-refractivity contribution in [3.8, 4) is 0 Å². The molecular formula is C14H16O. The molecule has 0 N–H and O–H groups in total. The normalized spacial score (nSPS) is 23.1. The van der Waals surface area contributed by atoms with Gasteiger partial charge in [0.15, 0.2) is 0 Å². The molecule has 0 amide bonds. The molecule has 1 aliphatic carbocycles. The molecule has 1 spiro atoms. The van der Waals surface area contributed by atoms with Crippen molar-refractivity contribution in [3.63, 3.8) is 0 Å². The van der Waals surface area contributed by atoms with Gasteiger partial charge in [0.2, 0.25) is 0 Å². The molecule has 0 atom stereocenters. The summed E-state index contributed by atoms with van der Waals surface area (Å²) >= 11 is 0. The van der Waals surface area contributed by atoms with Crippen molar-refractivity contribution in [2.45, 2.75) is 37.9 Å². The number of benzene rings is 1. The number of fused-ring (bicyclic) bond motifs is 2.